The molecule has 0 unspecified atom stereocenters. The van der Waals surface area contributed by atoms with Crippen molar-refractivity contribution in [3.63, 3.8) is 0 Å². The third-order valence-electron chi connectivity index (χ3n) is 2.86. The molecular weight excluding hydrogens is 307 g/mol. The van der Waals surface area contributed by atoms with Crippen LogP contribution < -0.4 is 0 Å². The number of hydrogen-bond acceptors (Lipinski definition) is 3. The Hall–Kier alpha value is 0.234. The summed E-state index contributed by atoms with van der Waals surface area (Å²) in [5.74, 6) is -0.393. The molecule has 0 atom stereocenters. The van der Waals surface area contributed by atoms with Gasteiger partial charge in [0.25, 0.3) is 0 Å². The molecule has 0 spiro atoms. The second kappa shape index (κ2) is 8.41. The molecular formula is C13H24NO3Y-. The first-order valence-electron chi connectivity index (χ1n) is 5.75. The maximum Gasteiger partial charge on any atom is 0.333 e. The van der Waals surface area contributed by atoms with Crippen LogP contribution in [0, 0.1) is 5.41 Å². The summed E-state index contributed by atoms with van der Waals surface area (Å²) in [5.41, 5.74) is 3.96. The molecule has 0 saturated carbocycles. The van der Waals surface area contributed by atoms with Crippen molar-refractivity contribution in [2.24, 2.45) is 5.41 Å². The van der Waals surface area contributed by atoms with Crippen molar-refractivity contribution in [3.8, 4) is 0 Å². The fourth-order valence-corrected chi connectivity index (χ4v) is 0.643. The minimum absolute atomic E-state index is 0. The molecule has 1 radical (unpaired) electrons. The van der Waals surface area contributed by atoms with Crippen LogP contribution >= 0.6 is 0 Å². The third-order valence-corrected chi connectivity index (χ3v) is 2.86. The zero-order chi connectivity index (χ0) is 13.7. The van der Waals surface area contributed by atoms with Gasteiger partial charge in [-0.1, -0.05) is 33.9 Å². The standard InChI is InChI=1S/C13H24NO3.Y/c1-10(2)11(15)16-9-8-14-17-13(6,7)12(3,4)5;/h1,8-9H2,2-7H3;/q-1;. The van der Waals surface area contributed by atoms with Gasteiger partial charge in [-0.15, -0.1) is 0 Å². The largest absolute Gasteiger partial charge is 0.531 e. The predicted octanol–water partition coefficient (Wildman–Crippen LogP) is 3.23. The van der Waals surface area contributed by atoms with Crippen LogP contribution in [-0.4, -0.2) is 24.7 Å². The monoisotopic (exact) mass is 331 g/mol. The van der Waals surface area contributed by atoms with Crippen molar-refractivity contribution in [1.82, 2.24) is 0 Å². The molecule has 0 aliphatic carbocycles. The topological polar surface area (TPSA) is 49.6 Å². The van der Waals surface area contributed by atoms with Gasteiger partial charge in [-0.05, 0) is 26.2 Å². The van der Waals surface area contributed by atoms with Gasteiger partial charge in [0.15, 0.2) is 0 Å². The van der Waals surface area contributed by atoms with E-state index >= 15 is 0 Å². The molecule has 5 heteroatoms. The Morgan fingerprint density at radius 1 is 1.22 bits per heavy atom. The molecule has 103 valence electrons. The molecule has 0 bridgehead atoms. The van der Waals surface area contributed by atoms with E-state index in [1.54, 1.807) is 6.92 Å². The van der Waals surface area contributed by atoms with E-state index < -0.39 is 5.97 Å². The summed E-state index contributed by atoms with van der Waals surface area (Å²) in [6.45, 7) is 15.9. The Morgan fingerprint density at radius 3 is 2.11 bits per heavy atom. The molecule has 0 heterocycles. The van der Waals surface area contributed by atoms with Crippen molar-refractivity contribution >= 4 is 5.97 Å². The summed E-state index contributed by atoms with van der Waals surface area (Å²) in [7, 11) is 0. The average molecular weight is 331 g/mol. The molecule has 0 aromatic heterocycles. The molecule has 18 heavy (non-hydrogen) atoms. The van der Waals surface area contributed by atoms with Crippen LogP contribution in [0.25, 0.3) is 5.48 Å². The first-order valence-corrected chi connectivity index (χ1v) is 5.75. The molecule has 0 saturated heterocycles. The van der Waals surface area contributed by atoms with E-state index in [1.807, 2.05) is 13.8 Å². The van der Waals surface area contributed by atoms with E-state index in [1.165, 1.54) is 0 Å². The quantitative estimate of drug-likeness (QED) is 0.325. The maximum absolute atomic E-state index is 11.1. The van der Waals surface area contributed by atoms with Crippen LogP contribution in [0.2, 0.25) is 0 Å². The van der Waals surface area contributed by atoms with Crippen LogP contribution in [-0.2, 0) is 47.1 Å². The van der Waals surface area contributed by atoms with E-state index in [2.05, 4.69) is 32.8 Å². The number of carbonyl (C=O) groups excluding carboxylic acids is 1. The summed E-state index contributed by atoms with van der Waals surface area (Å²) in [6.07, 6.45) is 0. The van der Waals surface area contributed by atoms with Crippen LogP contribution in [0.3, 0.4) is 0 Å². The van der Waals surface area contributed by atoms with E-state index in [0.29, 0.717) is 12.1 Å². The number of hydrogen-bond donors (Lipinski definition) is 0. The number of esters is 1. The fourth-order valence-electron chi connectivity index (χ4n) is 0.643. The molecule has 0 aromatic carbocycles. The summed E-state index contributed by atoms with van der Waals surface area (Å²) in [5, 5.41) is 0. The Kier molecular flexibility index (Phi) is 9.61. The summed E-state index contributed by atoms with van der Waals surface area (Å²) < 4.78 is 4.89. The molecule has 4 nitrogen and oxygen atoms in total. The molecule has 0 aliphatic heterocycles. The average Bonchev–Trinajstić information content (AvgIpc) is 2.14. The second-order valence-electron chi connectivity index (χ2n) is 5.62. The van der Waals surface area contributed by atoms with Crippen molar-refractivity contribution < 1.29 is 47.1 Å². The SMILES string of the molecule is C=C(C)C(=O)OCC[N-]OC(C)(C)C(C)(C)C.[Y]. The molecule has 0 fully saturated rings. The van der Waals surface area contributed by atoms with Gasteiger partial charge in [0.05, 0.1) is 6.61 Å². The van der Waals surface area contributed by atoms with Crippen molar-refractivity contribution in [1.29, 1.82) is 0 Å². The third kappa shape index (κ3) is 7.62. The van der Waals surface area contributed by atoms with Crippen molar-refractivity contribution in [3.05, 3.63) is 17.6 Å². The van der Waals surface area contributed by atoms with Gasteiger partial charge in [0, 0.05) is 43.9 Å². The van der Waals surface area contributed by atoms with Gasteiger partial charge in [0.2, 0.25) is 0 Å². The smallest absolute Gasteiger partial charge is 0.333 e. The maximum atomic E-state index is 11.1. The summed E-state index contributed by atoms with van der Waals surface area (Å²) in [6, 6.07) is 0. The minimum atomic E-state index is -0.393. The summed E-state index contributed by atoms with van der Waals surface area (Å²) in [4.78, 5) is 16.5. The summed E-state index contributed by atoms with van der Waals surface area (Å²) >= 11 is 0. The van der Waals surface area contributed by atoms with Gasteiger partial charge >= 0.3 is 5.97 Å². The normalized spacial score (nSPS) is 11.7. The first-order chi connectivity index (χ1) is 7.58. The van der Waals surface area contributed by atoms with E-state index in [0.717, 1.165) is 0 Å². The van der Waals surface area contributed by atoms with Crippen LogP contribution in [0.15, 0.2) is 12.2 Å². The molecule has 0 aromatic rings. The molecule has 0 aliphatic rings. The zero-order valence-electron chi connectivity index (χ0n) is 12.4. The molecule has 0 N–H and O–H groups in total. The number of nitrogens with zero attached hydrogens (tertiary/aromatic N) is 1. The molecule has 0 amide bonds. The van der Waals surface area contributed by atoms with E-state index in [-0.39, 0.29) is 50.3 Å². The zero-order valence-corrected chi connectivity index (χ0v) is 15.2. The Bertz CT molecular complexity index is 282. The van der Waals surface area contributed by atoms with Crippen LogP contribution in [0.4, 0.5) is 0 Å². The van der Waals surface area contributed by atoms with Gasteiger partial charge in [-0.25, -0.2) is 4.79 Å². The Labute approximate surface area is 136 Å². The molecule has 0 rings (SSSR count). The number of carbonyl (C=O) groups is 1. The van der Waals surface area contributed by atoms with E-state index in [9.17, 15) is 4.79 Å². The first kappa shape index (κ1) is 20.5. The van der Waals surface area contributed by atoms with E-state index in [4.69, 9.17) is 9.57 Å². The van der Waals surface area contributed by atoms with Gasteiger partial charge in [0.1, 0.15) is 0 Å². The Balaban J connectivity index is 0. The van der Waals surface area contributed by atoms with Gasteiger partial charge < -0.3 is 15.1 Å². The van der Waals surface area contributed by atoms with Crippen LogP contribution in [0.5, 0.6) is 0 Å². The predicted molar refractivity (Wildman–Crippen MR) is 68.6 cm³/mol. The van der Waals surface area contributed by atoms with Crippen LogP contribution in [0.1, 0.15) is 41.5 Å². The van der Waals surface area contributed by atoms with Gasteiger partial charge in [-0.2, -0.15) is 0 Å². The number of ether oxygens (including phenoxy) is 1. The number of hydroxylamine groups is 1. The van der Waals surface area contributed by atoms with Crippen molar-refractivity contribution in [2.45, 2.75) is 47.1 Å². The minimum Gasteiger partial charge on any atom is -0.531 e. The van der Waals surface area contributed by atoms with Crippen molar-refractivity contribution in [2.75, 3.05) is 13.2 Å². The Morgan fingerprint density at radius 2 is 1.72 bits per heavy atom. The fraction of sp³-hybridized carbons (Fsp3) is 0.769. The van der Waals surface area contributed by atoms with Gasteiger partial charge in [-0.3, -0.25) is 0 Å². The second-order valence-corrected chi connectivity index (χ2v) is 5.62. The number of rotatable bonds is 6.